The molecule has 0 N–H and O–H groups in total. The van der Waals surface area contributed by atoms with Crippen molar-refractivity contribution in [2.24, 2.45) is 0 Å². The summed E-state index contributed by atoms with van der Waals surface area (Å²) < 4.78 is 24.2. The lowest BCUT2D eigenvalue weighted by molar-refractivity contribution is 0.414. The van der Waals surface area contributed by atoms with Crippen LogP contribution in [-0.2, 0) is 5.41 Å². The third-order valence-corrected chi connectivity index (χ3v) is 24.2. The van der Waals surface area contributed by atoms with Gasteiger partial charge in [-0.1, -0.05) is 297 Å². The monoisotopic (exact) mass is 1590 g/mol. The van der Waals surface area contributed by atoms with Crippen LogP contribution in [0.4, 0.5) is 0 Å². The van der Waals surface area contributed by atoms with Gasteiger partial charge < -0.3 is 22.7 Å². The SMILES string of the molecule is COc1ccc(C)cc1.Cc1ccc(-n2c3ccccc3c3ccccc32)cc1.Cc1ccc2c(c1)C(C)(C)c1ccccc1-2.Cc1cccc2c1oc1ccccc12.Cc1cccc2c1sc1ccccc12.Cc1ccccc1.Cc1ccoc1.Cc1ccsc1.Cc1cn(-c2ccccc2)c2ccccc12.Cc1csc2ccccc12. The quantitative estimate of drug-likeness (QED) is 0.177. The minimum atomic E-state index is 0.151. The van der Waals surface area contributed by atoms with E-state index in [0.29, 0.717) is 0 Å². The number of ether oxygens (including phenoxy) is 1. The van der Waals surface area contributed by atoms with Gasteiger partial charge >= 0.3 is 0 Å². The summed E-state index contributed by atoms with van der Waals surface area (Å²) in [5.41, 5.74) is 27.1. The van der Waals surface area contributed by atoms with Crippen LogP contribution < -0.4 is 4.74 Å². The lowest BCUT2D eigenvalue weighted by atomic mass is 9.82. The van der Waals surface area contributed by atoms with Crippen LogP contribution in [0.1, 0.15) is 80.6 Å². The molecule has 0 amide bonds. The zero-order valence-corrected chi connectivity index (χ0v) is 72.2. The number of hydrogen-bond donors (Lipinski definition) is 0. The molecule has 0 unspecified atom stereocenters. The van der Waals surface area contributed by atoms with E-state index in [9.17, 15) is 0 Å². The highest BCUT2D eigenvalue weighted by molar-refractivity contribution is 7.26. The van der Waals surface area contributed by atoms with E-state index < -0.39 is 0 Å². The Kier molecular flexibility index (Phi) is 28.0. The summed E-state index contributed by atoms with van der Waals surface area (Å²) in [6.45, 7) is 25.7. The van der Waals surface area contributed by atoms with Gasteiger partial charge in [-0.05, 0) is 231 Å². The highest BCUT2D eigenvalue weighted by atomic mass is 32.1. The van der Waals surface area contributed by atoms with Gasteiger partial charge in [-0.3, -0.25) is 0 Å². The molecule has 8 heteroatoms. The Hall–Kier alpha value is -12.8. The first-order valence-corrected chi connectivity index (χ1v) is 42.7. The number of aryl methyl sites for hydroxylation is 10. The number of aromatic nitrogens is 2. The number of hydrogen-bond acceptors (Lipinski definition) is 6. The van der Waals surface area contributed by atoms with Crippen molar-refractivity contribution in [2.75, 3.05) is 7.11 Å². The van der Waals surface area contributed by atoms with Gasteiger partial charge in [0.15, 0.2) is 0 Å². The normalized spacial score (nSPS) is 11.2. The molecule has 0 radical (unpaired) electrons. The first kappa shape index (κ1) is 83.1. The van der Waals surface area contributed by atoms with Gasteiger partial charge in [0.05, 0.1) is 36.2 Å². The number of para-hydroxylation sites is 6. The summed E-state index contributed by atoms with van der Waals surface area (Å²) in [6, 6.07) is 121. The first-order valence-electron chi connectivity index (χ1n) is 40.1. The van der Waals surface area contributed by atoms with E-state index >= 15 is 0 Å². The van der Waals surface area contributed by atoms with Gasteiger partial charge in [-0.15, -0.1) is 22.7 Å². The van der Waals surface area contributed by atoms with Crippen LogP contribution in [0.25, 0.3) is 107 Å². The molecule has 14 aromatic carbocycles. The number of nitrogens with zero attached hydrogens (tertiary/aromatic N) is 2. The molecule has 7 heterocycles. The average Bonchev–Trinajstić information content (AvgIpc) is 1.61. The molecule has 588 valence electrons. The van der Waals surface area contributed by atoms with E-state index in [-0.39, 0.29) is 5.41 Å². The molecule has 0 saturated carbocycles. The van der Waals surface area contributed by atoms with Gasteiger partial charge in [0.1, 0.15) is 16.9 Å². The fraction of sp³-hybridized carbons (Fsp3) is 0.127. The molecular weight excluding hydrogens is 1490 g/mol. The smallest absolute Gasteiger partial charge is 0.138 e. The Morgan fingerprint density at radius 3 is 1.46 bits per heavy atom. The maximum absolute atomic E-state index is 5.78. The lowest BCUT2D eigenvalue weighted by Gasteiger charge is -2.21. The van der Waals surface area contributed by atoms with Gasteiger partial charge in [-0.25, -0.2) is 0 Å². The van der Waals surface area contributed by atoms with Crippen molar-refractivity contribution in [3.05, 3.63) is 447 Å². The van der Waals surface area contributed by atoms with Gasteiger partial charge in [0.2, 0.25) is 0 Å². The fourth-order valence-corrected chi connectivity index (χ4v) is 17.4. The third kappa shape index (κ3) is 20.3. The number of rotatable bonds is 3. The second kappa shape index (κ2) is 39.7. The zero-order valence-electron chi connectivity index (χ0n) is 69.7. The van der Waals surface area contributed by atoms with Crippen LogP contribution >= 0.6 is 34.0 Å². The largest absolute Gasteiger partial charge is 0.497 e. The predicted molar refractivity (Wildman–Crippen MR) is 513 cm³/mol. The minimum absolute atomic E-state index is 0.151. The molecule has 22 rings (SSSR count). The molecule has 0 spiro atoms. The maximum atomic E-state index is 5.78. The van der Waals surface area contributed by atoms with Crippen molar-refractivity contribution < 1.29 is 13.6 Å². The second-order valence-electron chi connectivity index (χ2n) is 30.2. The van der Waals surface area contributed by atoms with Crippen molar-refractivity contribution in [3.63, 3.8) is 0 Å². The molecule has 118 heavy (non-hydrogen) atoms. The van der Waals surface area contributed by atoms with Gasteiger partial charge in [-0.2, -0.15) is 11.3 Å². The summed E-state index contributed by atoms with van der Waals surface area (Å²) in [6.07, 6.45) is 5.56. The Morgan fingerprint density at radius 2 is 0.864 bits per heavy atom. The van der Waals surface area contributed by atoms with Crippen molar-refractivity contribution in [3.8, 4) is 28.3 Å². The predicted octanol–water partition coefficient (Wildman–Crippen LogP) is 32.4. The van der Waals surface area contributed by atoms with Crippen LogP contribution in [-0.4, -0.2) is 16.2 Å². The first-order chi connectivity index (χ1) is 57.4. The maximum Gasteiger partial charge on any atom is 0.138 e. The van der Waals surface area contributed by atoms with Crippen molar-refractivity contribution in [2.45, 2.75) is 88.5 Å². The van der Waals surface area contributed by atoms with Gasteiger partial charge in [0.25, 0.3) is 0 Å². The van der Waals surface area contributed by atoms with E-state index in [1.807, 2.05) is 102 Å². The minimum Gasteiger partial charge on any atom is -0.497 e. The topological polar surface area (TPSA) is 45.4 Å². The standard InChI is InChI=1S/C19H15N.C16H16.C15H13N.C13H10O.C13H10S.C9H8S.C8H10O.C7H8.C5H6O.C5H6S/c1-14-10-12-15(13-11-14)20-18-8-4-2-6-16(18)17-7-3-5-9-19(17)20;1-11-8-9-13-12-6-4-5-7-14(12)16(2,3)15(13)10-11;1-12-11-16(13-7-3-2-4-8-13)15-10-6-5-9-14(12)15;2*1-9-5-4-7-11-10-6-2-3-8-12(10)14-13(9)11;1-7-6-10-9-5-3-2-4-8(7)9;1-7-3-5-8(9-2)6-4-7;1-7-5-3-2-4-6-7;2*1-5-2-3-6-4-5/h2-13H,1H3;4-10H,1-3H3;2-11H,1H3;2*2-8H,1H3;2-6H,1H3;3-6H,1-2H3;2-6H,1H3;2*2-4H,1H3. The highest BCUT2D eigenvalue weighted by Crippen LogP contribution is 2.49. The molecule has 0 atom stereocenters. The Bertz CT molecular complexity index is 6540. The molecule has 0 bridgehead atoms. The van der Waals surface area contributed by atoms with Crippen molar-refractivity contribution in [1.29, 1.82) is 0 Å². The lowest BCUT2D eigenvalue weighted by Crippen LogP contribution is -2.14. The number of furan rings is 2. The number of methoxy groups -OCH3 is 1. The molecule has 0 fully saturated rings. The van der Waals surface area contributed by atoms with E-state index in [4.69, 9.17) is 13.6 Å². The van der Waals surface area contributed by atoms with Crippen LogP contribution in [0.3, 0.4) is 0 Å². The summed E-state index contributed by atoms with van der Waals surface area (Å²) >= 11 is 5.44. The van der Waals surface area contributed by atoms with E-state index in [1.54, 1.807) is 31.0 Å². The second-order valence-corrected chi connectivity index (χ2v) is 33.0. The number of benzene rings is 14. The fourth-order valence-electron chi connectivity index (χ4n) is 14.6. The Morgan fingerprint density at radius 1 is 0.339 bits per heavy atom. The van der Waals surface area contributed by atoms with Crippen LogP contribution in [0.2, 0.25) is 0 Å². The molecule has 0 saturated heterocycles. The molecule has 0 aliphatic heterocycles. The molecule has 7 aromatic heterocycles. The summed E-state index contributed by atoms with van der Waals surface area (Å²) in [5, 5.41) is 16.9. The van der Waals surface area contributed by atoms with Gasteiger partial charge in [0, 0.05) is 74.8 Å². The van der Waals surface area contributed by atoms with Crippen LogP contribution in [0, 0.1) is 69.2 Å². The van der Waals surface area contributed by atoms with Crippen LogP contribution in [0.5, 0.6) is 5.75 Å². The van der Waals surface area contributed by atoms with E-state index in [0.717, 1.165) is 16.9 Å². The summed E-state index contributed by atoms with van der Waals surface area (Å²) in [5.74, 6) is 0.917. The van der Waals surface area contributed by atoms with E-state index in [1.165, 1.54) is 163 Å². The van der Waals surface area contributed by atoms with Crippen molar-refractivity contribution >= 4 is 119 Å². The molecule has 1 aliphatic carbocycles. The van der Waals surface area contributed by atoms with E-state index in [2.05, 4.69) is 381 Å². The molecular formula is C110H102N2O3S3. The molecule has 5 nitrogen and oxygen atoms in total. The summed E-state index contributed by atoms with van der Waals surface area (Å²) in [7, 11) is 1.67. The zero-order chi connectivity index (χ0) is 82.5. The van der Waals surface area contributed by atoms with Crippen LogP contribution in [0.15, 0.2) is 389 Å². The van der Waals surface area contributed by atoms with Crippen molar-refractivity contribution in [1.82, 2.24) is 9.13 Å². The Balaban J connectivity index is 0.000000116. The average molecular weight is 1600 g/mol. The number of thiophene rings is 3. The molecule has 1 aliphatic rings. The molecule has 21 aromatic rings. The third-order valence-electron chi connectivity index (χ3n) is 21.0. The number of fused-ring (bicyclic) bond motifs is 14. The highest BCUT2D eigenvalue weighted by Gasteiger charge is 2.35. The summed E-state index contributed by atoms with van der Waals surface area (Å²) in [4.78, 5) is 0. The Labute approximate surface area is 707 Å².